The molecule has 0 unspecified atom stereocenters. The molecule has 0 atom stereocenters. The molecule has 6 heteroatoms. The van der Waals surface area contributed by atoms with Gasteiger partial charge in [-0.25, -0.2) is 8.42 Å². The summed E-state index contributed by atoms with van der Waals surface area (Å²) in [6.45, 7) is 3.45. The van der Waals surface area contributed by atoms with E-state index in [2.05, 4.69) is 4.72 Å². The SMILES string of the molecule is Cc1cc(NS(=O)(=O)CCCCl)c(C)cc1O. The number of phenolic OH excluding ortho intramolecular Hbond substituents is 1. The van der Waals surface area contributed by atoms with Crippen molar-refractivity contribution in [2.24, 2.45) is 0 Å². The molecule has 0 aliphatic heterocycles. The Morgan fingerprint density at radius 1 is 1.29 bits per heavy atom. The zero-order valence-electron chi connectivity index (χ0n) is 9.83. The van der Waals surface area contributed by atoms with Crippen LogP contribution in [0.1, 0.15) is 17.5 Å². The summed E-state index contributed by atoms with van der Waals surface area (Å²) in [5, 5.41) is 9.47. The van der Waals surface area contributed by atoms with Crippen LogP contribution in [0.4, 0.5) is 5.69 Å². The van der Waals surface area contributed by atoms with Crippen LogP contribution in [0.3, 0.4) is 0 Å². The van der Waals surface area contributed by atoms with Crippen molar-refractivity contribution in [3.05, 3.63) is 23.3 Å². The second-order valence-electron chi connectivity index (χ2n) is 3.92. The molecule has 96 valence electrons. The summed E-state index contributed by atoms with van der Waals surface area (Å²) in [5.74, 6) is 0.468. The molecule has 1 rings (SSSR count). The summed E-state index contributed by atoms with van der Waals surface area (Å²) >= 11 is 5.46. The second kappa shape index (κ2) is 5.60. The van der Waals surface area contributed by atoms with Crippen molar-refractivity contribution < 1.29 is 13.5 Å². The Bertz CT molecular complexity index is 500. The highest BCUT2D eigenvalue weighted by atomic mass is 35.5. The molecule has 4 nitrogen and oxygen atoms in total. The maximum atomic E-state index is 11.7. The number of hydrogen-bond donors (Lipinski definition) is 2. The van der Waals surface area contributed by atoms with E-state index in [0.29, 0.717) is 29.1 Å². The van der Waals surface area contributed by atoms with E-state index in [9.17, 15) is 13.5 Å². The first-order chi connectivity index (χ1) is 7.85. The number of hydrogen-bond acceptors (Lipinski definition) is 3. The molecule has 1 aromatic carbocycles. The van der Waals surface area contributed by atoms with Gasteiger partial charge in [-0.1, -0.05) is 0 Å². The predicted octanol–water partition coefficient (Wildman–Crippen LogP) is 2.38. The van der Waals surface area contributed by atoms with Crippen LogP contribution in [0.2, 0.25) is 0 Å². The number of anilines is 1. The number of phenols is 1. The zero-order chi connectivity index (χ0) is 13.1. The molecule has 0 saturated heterocycles. The van der Waals surface area contributed by atoms with Crippen LogP contribution in [0.25, 0.3) is 0 Å². The molecule has 2 N–H and O–H groups in total. The van der Waals surface area contributed by atoms with E-state index < -0.39 is 10.0 Å². The summed E-state index contributed by atoms with van der Waals surface area (Å²) in [6, 6.07) is 3.15. The van der Waals surface area contributed by atoms with Crippen LogP contribution >= 0.6 is 11.6 Å². The van der Waals surface area contributed by atoms with Gasteiger partial charge in [0.05, 0.1) is 11.4 Å². The number of benzene rings is 1. The normalized spacial score (nSPS) is 11.5. The van der Waals surface area contributed by atoms with Crippen LogP contribution in [0, 0.1) is 13.8 Å². The Morgan fingerprint density at radius 2 is 1.94 bits per heavy atom. The van der Waals surface area contributed by atoms with E-state index in [0.717, 1.165) is 0 Å². The summed E-state index contributed by atoms with van der Waals surface area (Å²) in [5.41, 5.74) is 1.81. The maximum Gasteiger partial charge on any atom is 0.232 e. The summed E-state index contributed by atoms with van der Waals surface area (Å²) < 4.78 is 25.8. The average Bonchev–Trinajstić information content (AvgIpc) is 2.23. The molecule has 0 amide bonds. The van der Waals surface area contributed by atoms with Crippen molar-refractivity contribution in [2.75, 3.05) is 16.4 Å². The van der Waals surface area contributed by atoms with Gasteiger partial charge in [-0.15, -0.1) is 11.6 Å². The highest BCUT2D eigenvalue weighted by Crippen LogP contribution is 2.25. The Hall–Kier alpha value is -0.940. The highest BCUT2D eigenvalue weighted by molar-refractivity contribution is 7.92. The van der Waals surface area contributed by atoms with E-state index in [1.807, 2.05) is 0 Å². The molecule has 0 aliphatic rings. The number of rotatable bonds is 5. The third-order valence-corrected chi connectivity index (χ3v) is 3.98. The van der Waals surface area contributed by atoms with Gasteiger partial charge in [0, 0.05) is 5.88 Å². The topological polar surface area (TPSA) is 66.4 Å². The third kappa shape index (κ3) is 4.09. The van der Waals surface area contributed by atoms with Gasteiger partial charge in [-0.3, -0.25) is 4.72 Å². The van der Waals surface area contributed by atoms with Gasteiger partial charge < -0.3 is 5.11 Å². The maximum absolute atomic E-state index is 11.7. The number of nitrogens with one attached hydrogen (secondary N) is 1. The molecule has 17 heavy (non-hydrogen) atoms. The fraction of sp³-hybridized carbons (Fsp3) is 0.455. The highest BCUT2D eigenvalue weighted by Gasteiger charge is 2.12. The lowest BCUT2D eigenvalue weighted by Gasteiger charge is -2.11. The summed E-state index contributed by atoms with van der Waals surface area (Å²) in [7, 11) is -3.36. The van der Waals surface area contributed by atoms with E-state index in [1.54, 1.807) is 19.9 Å². The second-order valence-corrected chi connectivity index (χ2v) is 6.14. The van der Waals surface area contributed by atoms with Crippen molar-refractivity contribution in [3.63, 3.8) is 0 Å². The average molecular weight is 278 g/mol. The molecule has 0 heterocycles. The molecule has 1 aromatic rings. The minimum Gasteiger partial charge on any atom is -0.508 e. The standard InChI is InChI=1S/C11H16ClNO3S/c1-8-7-11(14)9(2)6-10(8)13-17(15,16)5-3-4-12/h6-7,13-14H,3-5H2,1-2H3. The number of aromatic hydroxyl groups is 1. The van der Waals surface area contributed by atoms with Crippen molar-refractivity contribution in [1.29, 1.82) is 0 Å². The fourth-order valence-electron chi connectivity index (χ4n) is 1.37. The van der Waals surface area contributed by atoms with Gasteiger partial charge >= 0.3 is 0 Å². The van der Waals surface area contributed by atoms with Crippen LogP contribution < -0.4 is 4.72 Å². The molecule has 0 spiro atoms. The Kier molecular flexibility index (Phi) is 4.65. The van der Waals surface area contributed by atoms with Gasteiger partial charge in [0.15, 0.2) is 0 Å². The molecule has 0 radical (unpaired) electrons. The summed E-state index contributed by atoms with van der Waals surface area (Å²) in [4.78, 5) is 0. The lowest BCUT2D eigenvalue weighted by atomic mass is 10.1. The van der Waals surface area contributed by atoms with Gasteiger partial charge in [0.2, 0.25) is 10.0 Å². The van der Waals surface area contributed by atoms with Crippen molar-refractivity contribution >= 4 is 27.3 Å². The lowest BCUT2D eigenvalue weighted by Crippen LogP contribution is -2.17. The Labute approximate surface area is 107 Å². The first-order valence-electron chi connectivity index (χ1n) is 5.22. The van der Waals surface area contributed by atoms with Gasteiger partial charge in [0.1, 0.15) is 5.75 Å². The largest absolute Gasteiger partial charge is 0.508 e. The molecule has 0 aromatic heterocycles. The monoisotopic (exact) mass is 277 g/mol. The number of aryl methyl sites for hydroxylation is 2. The van der Waals surface area contributed by atoms with Crippen LogP contribution in [0.15, 0.2) is 12.1 Å². The fourth-order valence-corrected chi connectivity index (χ4v) is 2.85. The van der Waals surface area contributed by atoms with Crippen molar-refractivity contribution in [2.45, 2.75) is 20.3 Å². The van der Waals surface area contributed by atoms with Crippen LogP contribution in [0.5, 0.6) is 5.75 Å². The van der Waals surface area contributed by atoms with E-state index in [-0.39, 0.29) is 11.5 Å². The van der Waals surface area contributed by atoms with E-state index >= 15 is 0 Å². The van der Waals surface area contributed by atoms with Crippen LogP contribution in [-0.4, -0.2) is 25.2 Å². The molecule has 0 bridgehead atoms. The van der Waals surface area contributed by atoms with Gasteiger partial charge in [-0.2, -0.15) is 0 Å². The third-order valence-electron chi connectivity index (χ3n) is 2.36. The van der Waals surface area contributed by atoms with Crippen LogP contribution in [-0.2, 0) is 10.0 Å². The Balaban J connectivity index is 2.92. The quantitative estimate of drug-likeness (QED) is 0.641. The molecule has 0 fully saturated rings. The lowest BCUT2D eigenvalue weighted by molar-refractivity contribution is 0.471. The van der Waals surface area contributed by atoms with Gasteiger partial charge in [0.25, 0.3) is 0 Å². The molecular formula is C11H16ClNO3S. The first-order valence-corrected chi connectivity index (χ1v) is 7.41. The minimum absolute atomic E-state index is 0.00410. The molecule has 0 saturated carbocycles. The number of alkyl halides is 1. The first kappa shape index (κ1) is 14.1. The van der Waals surface area contributed by atoms with E-state index in [1.165, 1.54) is 6.07 Å². The Morgan fingerprint density at radius 3 is 2.53 bits per heavy atom. The minimum atomic E-state index is -3.36. The van der Waals surface area contributed by atoms with E-state index in [4.69, 9.17) is 11.6 Å². The summed E-state index contributed by atoms with van der Waals surface area (Å²) in [6.07, 6.45) is 0.410. The number of sulfonamides is 1. The molecular weight excluding hydrogens is 262 g/mol. The van der Waals surface area contributed by atoms with Crippen molar-refractivity contribution in [1.82, 2.24) is 0 Å². The predicted molar refractivity (Wildman–Crippen MR) is 70.3 cm³/mol. The van der Waals surface area contributed by atoms with Gasteiger partial charge in [-0.05, 0) is 43.5 Å². The zero-order valence-corrected chi connectivity index (χ0v) is 11.4. The van der Waals surface area contributed by atoms with Crippen molar-refractivity contribution in [3.8, 4) is 5.75 Å². The smallest absolute Gasteiger partial charge is 0.232 e. The molecule has 0 aliphatic carbocycles. The number of halogens is 1.